The van der Waals surface area contributed by atoms with Crippen molar-refractivity contribution in [1.82, 2.24) is 9.55 Å². The summed E-state index contributed by atoms with van der Waals surface area (Å²) in [6, 6.07) is 0. The molecule has 5 nitrogen and oxygen atoms in total. The summed E-state index contributed by atoms with van der Waals surface area (Å²) in [4.78, 5) is 12.3. The molecule has 1 rings (SSSR count). The second kappa shape index (κ2) is 2.05. The van der Waals surface area contributed by atoms with Crippen LogP contribution in [0.5, 0.6) is 0 Å². The first-order valence-electron chi connectivity index (χ1n) is 2.44. The van der Waals surface area contributed by atoms with Crippen molar-refractivity contribution >= 4 is 5.82 Å². The van der Waals surface area contributed by atoms with Crippen molar-refractivity contribution in [3.05, 3.63) is 22.4 Å². The molecule has 0 aliphatic heterocycles. The van der Waals surface area contributed by atoms with E-state index >= 15 is 0 Å². The predicted molar refractivity (Wildman–Crippen MR) is 29.8 cm³/mol. The molecule has 54 valence electrons. The van der Waals surface area contributed by atoms with Crippen molar-refractivity contribution in [1.29, 1.82) is 0 Å². The Morgan fingerprint density at radius 3 is 2.70 bits per heavy atom. The average Bonchev–Trinajstić information content (AvgIpc) is 2.11. The molecular formula is C4H4FN3O2. The molecule has 0 unspecified atom stereocenters. The Bertz CT molecular complexity index is 250. The zero-order valence-electron chi connectivity index (χ0n) is 5.11. The number of hydrogen-bond donors (Lipinski definition) is 0. The topological polar surface area (TPSA) is 61.0 Å². The van der Waals surface area contributed by atoms with Gasteiger partial charge in [0.15, 0.2) is 6.33 Å². The third kappa shape index (κ3) is 0.831. The van der Waals surface area contributed by atoms with Gasteiger partial charge in [0, 0.05) is 0 Å². The van der Waals surface area contributed by atoms with Crippen LogP contribution in [0.2, 0.25) is 0 Å². The summed E-state index contributed by atoms with van der Waals surface area (Å²) in [5.41, 5.74) is 0. The van der Waals surface area contributed by atoms with E-state index in [1.165, 1.54) is 7.05 Å². The predicted octanol–water partition coefficient (Wildman–Crippen LogP) is 0.467. The molecule has 0 bridgehead atoms. The van der Waals surface area contributed by atoms with E-state index < -0.39 is 16.7 Å². The van der Waals surface area contributed by atoms with Gasteiger partial charge in [-0.2, -0.15) is 9.37 Å². The zero-order valence-corrected chi connectivity index (χ0v) is 5.11. The molecule has 10 heavy (non-hydrogen) atoms. The van der Waals surface area contributed by atoms with Crippen LogP contribution in [0.3, 0.4) is 0 Å². The van der Waals surface area contributed by atoms with Gasteiger partial charge in [0.25, 0.3) is 0 Å². The number of nitrogens with zero attached hydrogens (tertiary/aromatic N) is 3. The van der Waals surface area contributed by atoms with Gasteiger partial charge in [0.05, 0.1) is 7.05 Å². The maximum atomic E-state index is 12.3. The van der Waals surface area contributed by atoms with Crippen LogP contribution in [0.25, 0.3) is 0 Å². The number of aryl methyl sites for hydroxylation is 1. The molecule has 0 aliphatic carbocycles. The molecule has 0 radical (unpaired) electrons. The van der Waals surface area contributed by atoms with Crippen molar-refractivity contribution in [3.8, 4) is 0 Å². The van der Waals surface area contributed by atoms with Crippen LogP contribution in [0, 0.1) is 16.1 Å². The van der Waals surface area contributed by atoms with E-state index in [9.17, 15) is 14.5 Å². The molecule has 1 aromatic rings. The number of aromatic nitrogens is 2. The van der Waals surface area contributed by atoms with Crippen LogP contribution >= 0.6 is 0 Å². The van der Waals surface area contributed by atoms with Crippen LogP contribution in [-0.2, 0) is 7.05 Å². The average molecular weight is 145 g/mol. The largest absolute Gasteiger partial charge is 0.379 e. The van der Waals surface area contributed by atoms with Gasteiger partial charge in [-0.05, 0) is 4.92 Å². The Hall–Kier alpha value is -1.46. The van der Waals surface area contributed by atoms with Gasteiger partial charge in [0.1, 0.15) is 0 Å². The number of hydrogen-bond acceptors (Lipinski definition) is 3. The first-order chi connectivity index (χ1) is 4.63. The zero-order chi connectivity index (χ0) is 7.72. The molecule has 0 N–H and O–H groups in total. The lowest BCUT2D eigenvalue weighted by Crippen LogP contribution is -1.97. The van der Waals surface area contributed by atoms with Crippen molar-refractivity contribution in [2.24, 2.45) is 7.05 Å². The molecule has 0 saturated heterocycles. The molecular weight excluding hydrogens is 141 g/mol. The van der Waals surface area contributed by atoms with Gasteiger partial charge in [-0.15, -0.1) is 0 Å². The minimum atomic E-state index is -1.05. The Balaban J connectivity index is 3.23. The first-order valence-corrected chi connectivity index (χ1v) is 2.44. The summed E-state index contributed by atoms with van der Waals surface area (Å²) in [5, 5.41) is 10.0. The van der Waals surface area contributed by atoms with E-state index in [0.717, 1.165) is 10.9 Å². The van der Waals surface area contributed by atoms with Gasteiger partial charge >= 0.3 is 11.8 Å². The van der Waals surface area contributed by atoms with E-state index in [0.29, 0.717) is 0 Å². The number of rotatable bonds is 1. The SMILES string of the molecule is Cn1cnc(F)c1[N+](=O)[O-]. The molecule has 1 aromatic heterocycles. The molecule has 0 spiro atoms. The highest BCUT2D eigenvalue weighted by atomic mass is 19.1. The van der Waals surface area contributed by atoms with E-state index in [2.05, 4.69) is 4.98 Å². The maximum Gasteiger partial charge on any atom is 0.379 e. The molecule has 0 fully saturated rings. The lowest BCUT2D eigenvalue weighted by Gasteiger charge is -1.90. The van der Waals surface area contributed by atoms with Gasteiger partial charge < -0.3 is 10.1 Å². The normalized spacial score (nSPS) is 9.80. The summed E-state index contributed by atoms with van der Waals surface area (Å²) in [6.45, 7) is 0. The van der Waals surface area contributed by atoms with Crippen LogP contribution in [0.4, 0.5) is 10.2 Å². The monoisotopic (exact) mass is 145 g/mol. The molecule has 1 heterocycles. The molecule has 6 heteroatoms. The van der Waals surface area contributed by atoms with E-state index in [4.69, 9.17) is 0 Å². The Morgan fingerprint density at radius 2 is 2.50 bits per heavy atom. The molecule has 0 atom stereocenters. The fraction of sp³-hybridized carbons (Fsp3) is 0.250. The van der Waals surface area contributed by atoms with Crippen molar-refractivity contribution in [2.45, 2.75) is 0 Å². The Morgan fingerprint density at radius 1 is 1.90 bits per heavy atom. The summed E-state index contributed by atoms with van der Waals surface area (Å²) >= 11 is 0. The van der Waals surface area contributed by atoms with E-state index in [1.54, 1.807) is 0 Å². The highest BCUT2D eigenvalue weighted by Crippen LogP contribution is 2.12. The van der Waals surface area contributed by atoms with Crippen molar-refractivity contribution in [2.75, 3.05) is 0 Å². The minimum Gasteiger partial charge on any atom is -0.358 e. The van der Waals surface area contributed by atoms with E-state index in [-0.39, 0.29) is 0 Å². The quantitative estimate of drug-likeness (QED) is 0.426. The summed E-state index contributed by atoms with van der Waals surface area (Å²) in [6.07, 6.45) is 1.05. The maximum absolute atomic E-state index is 12.3. The summed E-state index contributed by atoms with van der Waals surface area (Å²) in [5.74, 6) is -1.66. The Labute approximate surface area is 55.3 Å². The molecule has 0 amide bonds. The van der Waals surface area contributed by atoms with Crippen LogP contribution < -0.4 is 0 Å². The smallest absolute Gasteiger partial charge is 0.358 e. The van der Waals surface area contributed by atoms with Crippen LogP contribution in [-0.4, -0.2) is 14.5 Å². The summed E-state index contributed by atoms with van der Waals surface area (Å²) < 4.78 is 13.3. The van der Waals surface area contributed by atoms with Crippen molar-refractivity contribution in [3.63, 3.8) is 0 Å². The third-order valence-corrected chi connectivity index (χ3v) is 1.04. The Kier molecular flexibility index (Phi) is 1.37. The standard InChI is InChI=1S/C4H4FN3O2/c1-7-2-6-3(5)4(7)8(9)10/h2H,1H3. The second-order valence-corrected chi connectivity index (χ2v) is 1.73. The second-order valence-electron chi connectivity index (χ2n) is 1.73. The first kappa shape index (κ1) is 6.66. The summed E-state index contributed by atoms with van der Waals surface area (Å²) in [7, 11) is 1.36. The van der Waals surface area contributed by atoms with Gasteiger partial charge in [0.2, 0.25) is 0 Å². The lowest BCUT2D eigenvalue weighted by molar-refractivity contribution is -0.394. The van der Waals surface area contributed by atoms with Gasteiger partial charge in [-0.1, -0.05) is 0 Å². The van der Waals surface area contributed by atoms with E-state index in [1.807, 2.05) is 0 Å². The van der Waals surface area contributed by atoms with Gasteiger partial charge in [-0.3, -0.25) is 0 Å². The van der Waals surface area contributed by atoms with Crippen LogP contribution in [0.15, 0.2) is 6.33 Å². The number of imidazole rings is 1. The highest BCUT2D eigenvalue weighted by Gasteiger charge is 2.18. The molecule has 0 aliphatic rings. The number of nitro groups is 1. The third-order valence-electron chi connectivity index (χ3n) is 1.04. The number of halogens is 1. The minimum absolute atomic E-state index is 0.611. The molecule has 0 saturated carbocycles. The fourth-order valence-corrected chi connectivity index (χ4v) is 0.599. The lowest BCUT2D eigenvalue weighted by atomic mass is 10.7. The van der Waals surface area contributed by atoms with Gasteiger partial charge in [-0.25, -0.2) is 4.57 Å². The molecule has 0 aromatic carbocycles. The fourth-order valence-electron chi connectivity index (χ4n) is 0.599. The van der Waals surface area contributed by atoms with Crippen molar-refractivity contribution < 1.29 is 9.31 Å². The van der Waals surface area contributed by atoms with Crippen LogP contribution in [0.1, 0.15) is 0 Å². The highest BCUT2D eigenvalue weighted by molar-refractivity contribution is 5.16.